The first-order valence-electron chi connectivity index (χ1n) is 6.91. The third kappa shape index (κ3) is 6.80. The average molecular weight is 314 g/mol. The summed E-state index contributed by atoms with van der Waals surface area (Å²) in [5.41, 5.74) is 5.98. The van der Waals surface area contributed by atoms with Crippen molar-refractivity contribution in [2.24, 2.45) is 11.7 Å². The van der Waals surface area contributed by atoms with Crippen molar-refractivity contribution in [3.8, 4) is 0 Å². The third-order valence-electron chi connectivity index (χ3n) is 3.68. The lowest BCUT2D eigenvalue weighted by Crippen LogP contribution is -2.49. The summed E-state index contributed by atoms with van der Waals surface area (Å²) in [6, 6.07) is 0.143. The number of hydrogen-bond acceptors (Lipinski definition) is 3. The number of nitrogens with zero attached hydrogens (tertiary/aromatic N) is 1. The SMILES string of the molecule is CCC(C(=O)NCC(N)C1CC1)N(CC)CC.Cl.Cl. The van der Waals surface area contributed by atoms with Gasteiger partial charge in [-0.15, -0.1) is 24.8 Å². The van der Waals surface area contributed by atoms with E-state index < -0.39 is 0 Å². The van der Waals surface area contributed by atoms with Crippen molar-refractivity contribution >= 4 is 30.7 Å². The van der Waals surface area contributed by atoms with Crippen LogP contribution in [-0.2, 0) is 4.79 Å². The van der Waals surface area contributed by atoms with E-state index in [1.807, 2.05) is 0 Å². The van der Waals surface area contributed by atoms with Crippen LogP contribution >= 0.6 is 24.8 Å². The molecule has 0 bridgehead atoms. The van der Waals surface area contributed by atoms with Crippen LogP contribution in [0.1, 0.15) is 40.0 Å². The molecule has 0 saturated heterocycles. The van der Waals surface area contributed by atoms with Crippen LogP contribution in [0.25, 0.3) is 0 Å². The van der Waals surface area contributed by atoms with Crippen molar-refractivity contribution in [1.29, 1.82) is 0 Å². The Morgan fingerprint density at radius 2 is 1.79 bits per heavy atom. The minimum atomic E-state index is -0.00333. The molecule has 0 spiro atoms. The highest BCUT2D eigenvalue weighted by atomic mass is 35.5. The van der Waals surface area contributed by atoms with E-state index in [1.54, 1.807) is 0 Å². The van der Waals surface area contributed by atoms with Crippen molar-refractivity contribution < 1.29 is 4.79 Å². The molecule has 0 aliphatic heterocycles. The second-order valence-electron chi connectivity index (χ2n) is 4.89. The van der Waals surface area contributed by atoms with Crippen molar-refractivity contribution in [2.75, 3.05) is 19.6 Å². The first kappa shape index (κ1) is 21.3. The van der Waals surface area contributed by atoms with Gasteiger partial charge in [0.05, 0.1) is 6.04 Å². The average Bonchev–Trinajstić information content (AvgIpc) is 3.16. The fourth-order valence-corrected chi connectivity index (χ4v) is 2.30. The highest BCUT2D eigenvalue weighted by Crippen LogP contribution is 2.31. The van der Waals surface area contributed by atoms with Gasteiger partial charge in [0.25, 0.3) is 0 Å². The van der Waals surface area contributed by atoms with Gasteiger partial charge in [0.15, 0.2) is 0 Å². The van der Waals surface area contributed by atoms with E-state index in [0.717, 1.165) is 19.5 Å². The Bertz CT molecular complexity index is 246. The Kier molecular flexibility index (Phi) is 12.0. The summed E-state index contributed by atoms with van der Waals surface area (Å²) in [5.74, 6) is 0.774. The van der Waals surface area contributed by atoms with Gasteiger partial charge in [-0.05, 0) is 38.3 Å². The fourth-order valence-electron chi connectivity index (χ4n) is 2.30. The minimum Gasteiger partial charge on any atom is -0.353 e. The molecular weight excluding hydrogens is 285 g/mol. The van der Waals surface area contributed by atoms with Crippen molar-refractivity contribution in [3.05, 3.63) is 0 Å². The molecule has 6 heteroatoms. The second-order valence-corrected chi connectivity index (χ2v) is 4.89. The number of carbonyl (C=O) groups excluding carboxylic acids is 1. The van der Waals surface area contributed by atoms with Gasteiger partial charge in [0, 0.05) is 12.6 Å². The van der Waals surface area contributed by atoms with E-state index in [2.05, 4.69) is 31.0 Å². The number of hydrogen-bond donors (Lipinski definition) is 2. The summed E-state index contributed by atoms with van der Waals surface area (Å²) in [6.45, 7) is 8.70. The van der Waals surface area contributed by atoms with Crippen LogP contribution in [0, 0.1) is 5.92 Å². The zero-order chi connectivity index (χ0) is 12.8. The van der Waals surface area contributed by atoms with Crippen LogP contribution in [0.2, 0.25) is 0 Å². The van der Waals surface area contributed by atoms with E-state index >= 15 is 0 Å². The van der Waals surface area contributed by atoms with Crippen molar-refractivity contribution in [2.45, 2.75) is 52.1 Å². The lowest BCUT2D eigenvalue weighted by atomic mass is 10.1. The Labute approximate surface area is 129 Å². The Morgan fingerprint density at radius 1 is 1.26 bits per heavy atom. The van der Waals surface area contributed by atoms with Gasteiger partial charge in [-0.25, -0.2) is 0 Å². The zero-order valence-electron chi connectivity index (χ0n) is 12.2. The molecule has 0 aromatic heterocycles. The predicted molar refractivity (Wildman–Crippen MR) is 85.2 cm³/mol. The van der Waals surface area contributed by atoms with Gasteiger partial charge >= 0.3 is 0 Å². The first-order chi connectivity index (χ1) is 8.13. The lowest BCUT2D eigenvalue weighted by molar-refractivity contribution is -0.126. The van der Waals surface area contributed by atoms with Gasteiger partial charge in [-0.2, -0.15) is 0 Å². The normalized spacial score (nSPS) is 17.1. The molecule has 3 N–H and O–H groups in total. The number of carbonyl (C=O) groups is 1. The van der Waals surface area contributed by atoms with Gasteiger partial charge in [-0.3, -0.25) is 9.69 Å². The van der Waals surface area contributed by atoms with Crippen LogP contribution in [0.3, 0.4) is 0 Å². The van der Waals surface area contributed by atoms with Gasteiger partial charge < -0.3 is 11.1 Å². The monoisotopic (exact) mass is 313 g/mol. The number of amides is 1. The van der Waals surface area contributed by atoms with Crippen LogP contribution in [0.5, 0.6) is 0 Å². The summed E-state index contributed by atoms with van der Waals surface area (Å²) < 4.78 is 0. The number of nitrogens with two attached hydrogens (primary N) is 1. The number of likely N-dealkylation sites (N-methyl/N-ethyl adjacent to an activating group) is 1. The topological polar surface area (TPSA) is 58.4 Å². The van der Waals surface area contributed by atoms with Gasteiger partial charge in [0.2, 0.25) is 5.91 Å². The van der Waals surface area contributed by atoms with Crippen LogP contribution in [-0.4, -0.2) is 42.5 Å². The molecule has 116 valence electrons. The van der Waals surface area contributed by atoms with Gasteiger partial charge in [-0.1, -0.05) is 20.8 Å². The molecule has 1 aliphatic rings. The molecule has 0 aromatic rings. The standard InChI is InChI=1S/C13H27N3O.2ClH/c1-4-12(16(5-2)6-3)13(17)15-9-11(14)10-7-8-10;;/h10-12H,4-9,14H2,1-3H3,(H,15,17);2*1H. The Balaban J connectivity index is 0. The van der Waals surface area contributed by atoms with E-state index in [-0.39, 0.29) is 42.8 Å². The van der Waals surface area contributed by atoms with Crippen molar-refractivity contribution in [1.82, 2.24) is 10.2 Å². The summed E-state index contributed by atoms with van der Waals surface area (Å²) in [5, 5.41) is 3.00. The quantitative estimate of drug-likeness (QED) is 0.718. The minimum absolute atomic E-state index is 0. The first-order valence-corrected chi connectivity index (χ1v) is 6.91. The molecule has 0 radical (unpaired) electrons. The molecular formula is C13H29Cl2N3O. The Morgan fingerprint density at radius 3 is 2.16 bits per heavy atom. The van der Waals surface area contributed by atoms with Crippen molar-refractivity contribution in [3.63, 3.8) is 0 Å². The van der Waals surface area contributed by atoms with Crippen LogP contribution in [0.15, 0.2) is 0 Å². The molecule has 0 heterocycles. The molecule has 1 rings (SSSR count). The number of rotatable bonds is 8. The molecule has 0 aromatic carbocycles. The van der Waals surface area contributed by atoms with Gasteiger partial charge in [0.1, 0.15) is 0 Å². The third-order valence-corrected chi connectivity index (χ3v) is 3.68. The smallest absolute Gasteiger partial charge is 0.237 e. The maximum atomic E-state index is 12.1. The lowest BCUT2D eigenvalue weighted by Gasteiger charge is -2.28. The largest absolute Gasteiger partial charge is 0.353 e. The maximum absolute atomic E-state index is 12.1. The zero-order valence-corrected chi connectivity index (χ0v) is 13.9. The fraction of sp³-hybridized carbons (Fsp3) is 0.923. The molecule has 1 fully saturated rings. The molecule has 1 amide bonds. The van der Waals surface area contributed by atoms with Crippen LogP contribution < -0.4 is 11.1 Å². The summed E-state index contributed by atoms with van der Waals surface area (Å²) >= 11 is 0. The summed E-state index contributed by atoms with van der Waals surface area (Å²) in [4.78, 5) is 14.3. The molecule has 2 unspecified atom stereocenters. The second kappa shape index (κ2) is 10.7. The summed E-state index contributed by atoms with van der Waals surface area (Å²) in [7, 11) is 0. The van der Waals surface area contributed by atoms with E-state index in [4.69, 9.17) is 5.73 Å². The van der Waals surface area contributed by atoms with E-state index in [1.165, 1.54) is 12.8 Å². The maximum Gasteiger partial charge on any atom is 0.237 e. The number of halogens is 2. The highest BCUT2D eigenvalue weighted by Gasteiger charge is 2.29. The Hall–Kier alpha value is -0.0300. The van der Waals surface area contributed by atoms with E-state index in [0.29, 0.717) is 12.5 Å². The van der Waals surface area contributed by atoms with Crippen LogP contribution in [0.4, 0.5) is 0 Å². The molecule has 2 atom stereocenters. The molecule has 1 aliphatic carbocycles. The van der Waals surface area contributed by atoms with E-state index in [9.17, 15) is 4.79 Å². The molecule has 19 heavy (non-hydrogen) atoms. The predicted octanol–water partition coefficient (Wildman–Crippen LogP) is 1.80. The highest BCUT2D eigenvalue weighted by molar-refractivity contribution is 5.85. The molecule has 1 saturated carbocycles. The molecule has 4 nitrogen and oxygen atoms in total. The summed E-state index contributed by atoms with van der Waals surface area (Å²) in [6.07, 6.45) is 3.31. The number of nitrogens with one attached hydrogen (secondary N) is 1.